The number of benzene rings is 1. The third-order valence-electron chi connectivity index (χ3n) is 4.57. The van der Waals surface area contributed by atoms with Gasteiger partial charge in [0.05, 0.1) is 12.5 Å². The highest BCUT2D eigenvalue weighted by molar-refractivity contribution is 5.86. The number of para-hydroxylation sites is 1. The van der Waals surface area contributed by atoms with E-state index in [1.807, 2.05) is 45.0 Å². The van der Waals surface area contributed by atoms with E-state index in [1.165, 1.54) is 0 Å². The molecule has 0 radical (unpaired) electrons. The molecule has 146 valence electrons. The van der Waals surface area contributed by atoms with Crippen LogP contribution in [-0.2, 0) is 16.0 Å². The Balaban J connectivity index is 1.57. The molecule has 1 N–H and O–H groups in total. The minimum atomic E-state index is -0.531. The van der Waals surface area contributed by atoms with Crippen LogP contribution in [0.25, 0.3) is 11.0 Å². The van der Waals surface area contributed by atoms with Gasteiger partial charge in [0.2, 0.25) is 5.91 Å². The van der Waals surface area contributed by atoms with Crippen LogP contribution in [0, 0.1) is 0 Å². The molecular weight excluding hydrogens is 346 g/mol. The number of carbonyl (C=O) groups excluding carboxylic acids is 2. The van der Waals surface area contributed by atoms with Crippen molar-refractivity contribution >= 4 is 23.0 Å². The molecule has 7 heteroatoms. The van der Waals surface area contributed by atoms with Crippen molar-refractivity contribution in [1.82, 2.24) is 15.4 Å². The van der Waals surface area contributed by atoms with Gasteiger partial charge in [-0.2, -0.15) is 0 Å². The summed E-state index contributed by atoms with van der Waals surface area (Å²) >= 11 is 0. The largest absolute Gasteiger partial charge is 0.444 e. The molecule has 1 fully saturated rings. The van der Waals surface area contributed by atoms with E-state index in [1.54, 1.807) is 4.90 Å². The van der Waals surface area contributed by atoms with E-state index in [2.05, 4.69) is 10.5 Å². The number of ether oxygens (including phenoxy) is 1. The summed E-state index contributed by atoms with van der Waals surface area (Å²) in [4.78, 5) is 26.6. The number of carbonyl (C=O) groups is 2. The van der Waals surface area contributed by atoms with Gasteiger partial charge in [0.1, 0.15) is 11.3 Å². The lowest BCUT2D eigenvalue weighted by Gasteiger charge is -2.36. The number of hydrogen-bond donors (Lipinski definition) is 1. The normalized spacial score (nSPS) is 17.7. The number of fused-ring (bicyclic) bond motifs is 1. The van der Waals surface area contributed by atoms with E-state index in [4.69, 9.17) is 9.26 Å². The Morgan fingerprint density at radius 1 is 1.30 bits per heavy atom. The third kappa shape index (κ3) is 4.99. The number of aromatic nitrogens is 1. The van der Waals surface area contributed by atoms with Gasteiger partial charge < -0.3 is 19.5 Å². The highest BCUT2D eigenvalue weighted by Crippen LogP contribution is 2.21. The van der Waals surface area contributed by atoms with E-state index in [0.717, 1.165) is 24.6 Å². The standard InChI is InChI=1S/C20H27N3O4/c1-20(2,3)26-19(25)23-11-7-6-8-14(23)13-21-18(24)12-16-15-9-4-5-10-17(15)27-22-16/h4-5,9-10,14H,6-8,11-13H2,1-3H3,(H,21,24). The van der Waals surface area contributed by atoms with Crippen LogP contribution in [0.5, 0.6) is 0 Å². The van der Waals surface area contributed by atoms with Crippen LogP contribution >= 0.6 is 0 Å². The first kappa shape index (κ1) is 19.2. The SMILES string of the molecule is CC(C)(C)OC(=O)N1CCCCC1CNC(=O)Cc1noc2ccccc12. The molecule has 3 rings (SSSR count). The van der Waals surface area contributed by atoms with Crippen molar-refractivity contribution in [3.8, 4) is 0 Å². The molecule has 1 aromatic heterocycles. The Morgan fingerprint density at radius 2 is 2.07 bits per heavy atom. The molecule has 0 spiro atoms. The van der Waals surface area contributed by atoms with E-state index in [-0.39, 0.29) is 24.5 Å². The molecular formula is C20H27N3O4. The molecule has 1 aliphatic heterocycles. The quantitative estimate of drug-likeness (QED) is 0.889. The van der Waals surface area contributed by atoms with Crippen molar-refractivity contribution in [1.29, 1.82) is 0 Å². The molecule has 1 unspecified atom stereocenters. The van der Waals surface area contributed by atoms with Gasteiger partial charge in [0.25, 0.3) is 0 Å². The second-order valence-electron chi connectivity index (χ2n) is 7.93. The fourth-order valence-electron chi connectivity index (χ4n) is 3.29. The van der Waals surface area contributed by atoms with Gasteiger partial charge in [0, 0.05) is 18.5 Å². The van der Waals surface area contributed by atoms with Crippen LogP contribution in [-0.4, -0.2) is 46.8 Å². The molecule has 7 nitrogen and oxygen atoms in total. The molecule has 27 heavy (non-hydrogen) atoms. The van der Waals surface area contributed by atoms with Crippen molar-refractivity contribution < 1.29 is 18.8 Å². The summed E-state index contributed by atoms with van der Waals surface area (Å²) in [6.45, 7) is 6.63. The van der Waals surface area contributed by atoms with Crippen LogP contribution < -0.4 is 5.32 Å². The summed E-state index contributed by atoms with van der Waals surface area (Å²) in [6, 6.07) is 7.42. The van der Waals surface area contributed by atoms with Crippen LogP contribution in [0.15, 0.2) is 28.8 Å². The lowest BCUT2D eigenvalue weighted by Crippen LogP contribution is -2.51. The number of hydrogen-bond acceptors (Lipinski definition) is 5. The minimum Gasteiger partial charge on any atom is -0.444 e. The molecule has 1 saturated heterocycles. The Morgan fingerprint density at radius 3 is 2.85 bits per heavy atom. The number of rotatable bonds is 4. The first-order valence-corrected chi connectivity index (χ1v) is 9.43. The van der Waals surface area contributed by atoms with Gasteiger partial charge in [-0.05, 0) is 52.2 Å². The van der Waals surface area contributed by atoms with Crippen LogP contribution in [0.1, 0.15) is 45.7 Å². The van der Waals surface area contributed by atoms with E-state index in [0.29, 0.717) is 24.4 Å². The average molecular weight is 373 g/mol. The van der Waals surface area contributed by atoms with Crippen molar-refractivity contribution in [3.63, 3.8) is 0 Å². The first-order valence-electron chi connectivity index (χ1n) is 9.43. The van der Waals surface area contributed by atoms with Crippen LogP contribution in [0.4, 0.5) is 4.79 Å². The average Bonchev–Trinajstić information content (AvgIpc) is 3.02. The summed E-state index contributed by atoms with van der Waals surface area (Å²) < 4.78 is 10.7. The topological polar surface area (TPSA) is 84.7 Å². The zero-order valence-electron chi connectivity index (χ0n) is 16.2. The Hall–Kier alpha value is -2.57. The zero-order valence-corrected chi connectivity index (χ0v) is 16.2. The van der Waals surface area contributed by atoms with Crippen molar-refractivity contribution in [2.24, 2.45) is 0 Å². The summed E-state index contributed by atoms with van der Waals surface area (Å²) in [5.74, 6) is -0.135. The summed E-state index contributed by atoms with van der Waals surface area (Å²) in [6.07, 6.45) is 2.68. The smallest absolute Gasteiger partial charge is 0.410 e. The third-order valence-corrected chi connectivity index (χ3v) is 4.57. The molecule has 1 aliphatic rings. The predicted molar refractivity (Wildman–Crippen MR) is 101 cm³/mol. The summed E-state index contributed by atoms with van der Waals surface area (Å²) in [5, 5.41) is 7.77. The van der Waals surface area contributed by atoms with Gasteiger partial charge in [-0.1, -0.05) is 17.3 Å². The molecule has 0 aliphatic carbocycles. The molecule has 1 atom stereocenters. The predicted octanol–water partition coefficient (Wildman–Crippen LogP) is 3.28. The molecule has 1 aromatic carbocycles. The monoisotopic (exact) mass is 373 g/mol. The van der Waals surface area contributed by atoms with E-state index < -0.39 is 5.60 Å². The highest BCUT2D eigenvalue weighted by Gasteiger charge is 2.30. The maximum Gasteiger partial charge on any atom is 0.410 e. The number of nitrogens with one attached hydrogen (secondary N) is 1. The fourth-order valence-corrected chi connectivity index (χ4v) is 3.29. The van der Waals surface area contributed by atoms with Crippen LogP contribution in [0.2, 0.25) is 0 Å². The Bertz CT molecular complexity index is 809. The Labute approximate surface area is 159 Å². The molecule has 2 amide bonds. The van der Waals surface area contributed by atoms with E-state index >= 15 is 0 Å². The maximum atomic E-state index is 12.4. The number of amides is 2. The molecule has 0 bridgehead atoms. The second-order valence-corrected chi connectivity index (χ2v) is 7.93. The van der Waals surface area contributed by atoms with Gasteiger partial charge in [0.15, 0.2) is 5.58 Å². The Kier molecular flexibility index (Phi) is 5.68. The number of piperidine rings is 1. The summed E-state index contributed by atoms with van der Waals surface area (Å²) in [5.41, 5.74) is 0.760. The minimum absolute atomic E-state index is 0.0494. The van der Waals surface area contributed by atoms with Crippen molar-refractivity contribution in [2.75, 3.05) is 13.1 Å². The van der Waals surface area contributed by atoms with Gasteiger partial charge in [-0.15, -0.1) is 0 Å². The van der Waals surface area contributed by atoms with Crippen LogP contribution in [0.3, 0.4) is 0 Å². The highest BCUT2D eigenvalue weighted by atomic mass is 16.6. The second kappa shape index (κ2) is 7.98. The van der Waals surface area contributed by atoms with Gasteiger partial charge in [-0.25, -0.2) is 4.79 Å². The zero-order chi connectivity index (χ0) is 19.4. The molecule has 2 aromatic rings. The van der Waals surface area contributed by atoms with Gasteiger partial charge in [-0.3, -0.25) is 4.79 Å². The molecule has 0 saturated carbocycles. The first-order chi connectivity index (χ1) is 12.8. The fraction of sp³-hybridized carbons (Fsp3) is 0.550. The van der Waals surface area contributed by atoms with Crippen molar-refractivity contribution in [3.05, 3.63) is 30.0 Å². The molecule has 2 heterocycles. The van der Waals surface area contributed by atoms with Crippen molar-refractivity contribution in [2.45, 2.75) is 58.1 Å². The van der Waals surface area contributed by atoms with E-state index in [9.17, 15) is 9.59 Å². The summed E-state index contributed by atoms with van der Waals surface area (Å²) in [7, 11) is 0. The number of nitrogens with zero attached hydrogens (tertiary/aromatic N) is 2. The van der Waals surface area contributed by atoms with Gasteiger partial charge >= 0.3 is 6.09 Å². The maximum absolute atomic E-state index is 12.4. The number of likely N-dealkylation sites (tertiary alicyclic amines) is 1. The lowest BCUT2D eigenvalue weighted by molar-refractivity contribution is -0.120. The lowest BCUT2D eigenvalue weighted by atomic mass is 10.0.